The highest BCUT2D eigenvalue weighted by atomic mass is 16.6. The summed E-state index contributed by atoms with van der Waals surface area (Å²) in [6.07, 6.45) is 38.1. The number of hydrogen-bond acceptors (Lipinski definition) is 5. The minimum absolute atomic E-state index is 0.0718. The summed E-state index contributed by atoms with van der Waals surface area (Å²) in [6, 6.07) is 0. The Kier molecular flexibility index (Phi) is 29.7. The van der Waals surface area contributed by atoms with Gasteiger partial charge in [-0.15, -0.1) is 0 Å². The molecule has 0 aromatic heterocycles. The monoisotopic (exact) mass is 560 g/mol. The average molecular weight is 561 g/mol. The normalized spacial score (nSPS) is 12.8. The van der Waals surface area contributed by atoms with Crippen molar-refractivity contribution in [2.24, 2.45) is 0 Å². The fourth-order valence-electron chi connectivity index (χ4n) is 4.19. The third-order valence-corrected chi connectivity index (χ3v) is 6.64. The van der Waals surface area contributed by atoms with Gasteiger partial charge in [0.25, 0.3) is 0 Å². The van der Waals surface area contributed by atoms with Gasteiger partial charge in [0.15, 0.2) is 6.10 Å². The largest absolute Gasteiger partial charge is 0.462 e. The standard InChI is InChI=1S/C35H60O5/c1-3-5-7-8-9-10-11-12-13-14-15-16-17-18-19-20-21-22-23-24-25-26-28-30-35(38)40-33(31-36)32-39-34(37)29-27-6-4-2/h5,7,9-10,12-13,15-16,33,36H,3-4,6,8,11,14,17-32H2,1-2H3/b7-5-,10-9-,13-12-,16-15-. The first-order valence-corrected chi connectivity index (χ1v) is 16.2. The van der Waals surface area contributed by atoms with E-state index in [4.69, 9.17) is 9.47 Å². The van der Waals surface area contributed by atoms with E-state index in [1.807, 2.05) is 0 Å². The first kappa shape index (κ1) is 37.9. The molecule has 0 aromatic carbocycles. The zero-order valence-electron chi connectivity index (χ0n) is 25.8. The van der Waals surface area contributed by atoms with Crippen LogP contribution in [-0.2, 0) is 19.1 Å². The molecule has 0 heterocycles. The maximum absolute atomic E-state index is 12.0. The van der Waals surface area contributed by atoms with E-state index in [-0.39, 0.29) is 25.2 Å². The molecule has 0 amide bonds. The van der Waals surface area contributed by atoms with Crippen molar-refractivity contribution in [3.8, 4) is 0 Å². The predicted molar refractivity (Wildman–Crippen MR) is 168 cm³/mol. The molecule has 5 nitrogen and oxygen atoms in total. The van der Waals surface area contributed by atoms with Gasteiger partial charge >= 0.3 is 11.9 Å². The molecule has 5 heteroatoms. The molecule has 0 radical (unpaired) electrons. The van der Waals surface area contributed by atoms with Crippen LogP contribution in [0.5, 0.6) is 0 Å². The van der Waals surface area contributed by atoms with E-state index in [1.54, 1.807) is 0 Å². The second-order valence-electron chi connectivity index (χ2n) is 10.5. The Morgan fingerprint density at radius 2 is 1.07 bits per heavy atom. The van der Waals surface area contributed by atoms with Crippen LogP contribution in [0.2, 0.25) is 0 Å². The van der Waals surface area contributed by atoms with E-state index in [0.717, 1.165) is 64.2 Å². The summed E-state index contributed by atoms with van der Waals surface area (Å²) >= 11 is 0. The Labute approximate surface area is 246 Å². The van der Waals surface area contributed by atoms with E-state index in [1.165, 1.54) is 51.4 Å². The summed E-state index contributed by atoms with van der Waals surface area (Å²) in [5.41, 5.74) is 0. The molecular weight excluding hydrogens is 500 g/mol. The Bertz CT molecular complexity index is 692. The maximum Gasteiger partial charge on any atom is 0.306 e. The number of esters is 2. The number of aliphatic hydroxyl groups is 1. The minimum atomic E-state index is -0.767. The molecule has 0 aliphatic carbocycles. The molecule has 0 rings (SSSR count). The lowest BCUT2D eigenvalue weighted by molar-refractivity contribution is -0.161. The van der Waals surface area contributed by atoms with Crippen LogP contribution in [0.4, 0.5) is 0 Å². The van der Waals surface area contributed by atoms with E-state index >= 15 is 0 Å². The van der Waals surface area contributed by atoms with Crippen molar-refractivity contribution in [2.75, 3.05) is 13.2 Å². The molecule has 0 fully saturated rings. The van der Waals surface area contributed by atoms with Gasteiger partial charge in [0.1, 0.15) is 6.61 Å². The molecule has 0 saturated heterocycles. The summed E-state index contributed by atoms with van der Waals surface area (Å²) < 4.78 is 10.4. The zero-order valence-corrected chi connectivity index (χ0v) is 25.8. The second kappa shape index (κ2) is 31.4. The van der Waals surface area contributed by atoms with Crippen LogP contribution in [-0.4, -0.2) is 36.4 Å². The highest BCUT2D eigenvalue weighted by Gasteiger charge is 2.15. The van der Waals surface area contributed by atoms with Crippen molar-refractivity contribution in [3.05, 3.63) is 48.6 Å². The molecule has 0 spiro atoms. The van der Waals surface area contributed by atoms with Gasteiger partial charge < -0.3 is 14.6 Å². The van der Waals surface area contributed by atoms with Crippen molar-refractivity contribution in [1.29, 1.82) is 0 Å². The maximum atomic E-state index is 12.0. The Morgan fingerprint density at radius 3 is 1.62 bits per heavy atom. The number of unbranched alkanes of at least 4 members (excludes halogenated alkanes) is 12. The molecule has 0 saturated carbocycles. The smallest absolute Gasteiger partial charge is 0.306 e. The van der Waals surface area contributed by atoms with Gasteiger partial charge in [-0.2, -0.15) is 0 Å². The van der Waals surface area contributed by atoms with Gasteiger partial charge in [0, 0.05) is 12.8 Å². The minimum Gasteiger partial charge on any atom is -0.462 e. The second-order valence-corrected chi connectivity index (χ2v) is 10.5. The van der Waals surface area contributed by atoms with Crippen LogP contribution in [0.1, 0.15) is 142 Å². The fourth-order valence-corrected chi connectivity index (χ4v) is 4.19. The van der Waals surface area contributed by atoms with Gasteiger partial charge in [-0.1, -0.05) is 127 Å². The number of ether oxygens (including phenoxy) is 2. The van der Waals surface area contributed by atoms with Crippen molar-refractivity contribution in [1.82, 2.24) is 0 Å². The molecule has 0 aromatic rings. The summed E-state index contributed by atoms with van der Waals surface area (Å²) in [4.78, 5) is 23.7. The van der Waals surface area contributed by atoms with Crippen molar-refractivity contribution in [3.63, 3.8) is 0 Å². The van der Waals surface area contributed by atoms with Crippen LogP contribution in [0.3, 0.4) is 0 Å². The summed E-state index contributed by atoms with van der Waals surface area (Å²) in [6.45, 7) is 3.83. The van der Waals surface area contributed by atoms with E-state index in [0.29, 0.717) is 12.8 Å². The van der Waals surface area contributed by atoms with Crippen LogP contribution in [0.25, 0.3) is 0 Å². The van der Waals surface area contributed by atoms with Crippen LogP contribution in [0.15, 0.2) is 48.6 Å². The summed E-state index contributed by atoms with van der Waals surface area (Å²) in [5.74, 6) is -0.629. The third-order valence-electron chi connectivity index (χ3n) is 6.64. The molecule has 1 N–H and O–H groups in total. The van der Waals surface area contributed by atoms with E-state index in [9.17, 15) is 14.7 Å². The molecule has 40 heavy (non-hydrogen) atoms. The highest BCUT2D eigenvalue weighted by Crippen LogP contribution is 2.13. The Hall–Kier alpha value is -2.14. The molecule has 1 atom stereocenters. The molecule has 0 aliphatic rings. The summed E-state index contributed by atoms with van der Waals surface area (Å²) in [7, 11) is 0. The lowest BCUT2D eigenvalue weighted by Crippen LogP contribution is -2.28. The van der Waals surface area contributed by atoms with Gasteiger partial charge in [0.2, 0.25) is 0 Å². The first-order valence-electron chi connectivity index (χ1n) is 16.2. The predicted octanol–water partition coefficient (Wildman–Crippen LogP) is 9.50. The van der Waals surface area contributed by atoms with E-state index in [2.05, 4.69) is 62.5 Å². The number of aliphatic hydroxyl groups excluding tert-OH is 1. The SMILES string of the molecule is CC/C=C\C/C=C\C/C=C\C/C=C\CCCCCCCCCCCCC(=O)OC(CO)COC(=O)CCCCC. The fraction of sp³-hybridized carbons (Fsp3) is 0.714. The number of carbonyl (C=O) groups is 2. The highest BCUT2D eigenvalue weighted by molar-refractivity contribution is 5.70. The molecule has 230 valence electrons. The van der Waals surface area contributed by atoms with Crippen molar-refractivity contribution in [2.45, 2.75) is 148 Å². The Balaban J connectivity index is 3.50. The first-order chi connectivity index (χ1) is 19.6. The number of allylic oxidation sites excluding steroid dienone is 8. The van der Waals surface area contributed by atoms with Crippen LogP contribution in [0, 0.1) is 0 Å². The summed E-state index contributed by atoms with van der Waals surface area (Å²) in [5, 5.41) is 9.38. The van der Waals surface area contributed by atoms with Crippen LogP contribution < -0.4 is 0 Å². The molecule has 0 bridgehead atoms. The number of hydrogen-bond donors (Lipinski definition) is 1. The number of rotatable bonds is 28. The Morgan fingerprint density at radius 1 is 0.600 bits per heavy atom. The lowest BCUT2D eigenvalue weighted by Gasteiger charge is -2.15. The van der Waals surface area contributed by atoms with Crippen molar-refractivity contribution >= 4 is 11.9 Å². The lowest BCUT2D eigenvalue weighted by atomic mass is 10.0. The average Bonchev–Trinajstić information content (AvgIpc) is 2.95. The zero-order chi connectivity index (χ0) is 29.4. The van der Waals surface area contributed by atoms with Crippen LogP contribution >= 0.6 is 0 Å². The van der Waals surface area contributed by atoms with E-state index < -0.39 is 6.10 Å². The van der Waals surface area contributed by atoms with Gasteiger partial charge in [-0.3, -0.25) is 9.59 Å². The van der Waals surface area contributed by atoms with Gasteiger partial charge in [-0.25, -0.2) is 0 Å². The number of carbonyl (C=O) groups excluding carboxylic acids is 2. The third kappa shape index (κ3) is 28.9. The molecular formula is C35H60O5. The quantitative estimate of drug-likeness (QED) is 0.0586. The topological polar surface area (TPSA) is 72.8 Å². The van der Waals surface area contributed by atoms with Gasteiger partial charge in [0.05, 0.1) is 6.61 Å². The van der Waals surface area contributed by atoms with Crippen molar-refractivity contribution < 1.29 is 24.2 Å². The molecule has 0 aliphatic heterocycles. The molecule has 1 unspecified atom stereocenters. The van der Waals surface area contributed by atoms with Gasteiger partial charge in [-0.05, 0) is 51.4 Å².